The molecule has 2 fully saturated rings. The van der Waals surface area contributed by atoms with Crippen molar-refractivity contribution in [2.45, 2.75) is 63.3 Å². The minimum atomic E-state index is -0.926. The van der Waals surface area contributed by atoms with Gasteiger partial charge in [0.15, 0.2) is 0 Å². The topological polar surface area (TPSA) is 62.7 Å². The smallest absolute Gasteiger partial charge is 0.410 e. The standard InChI is InChI=1S/C22H26N2O3/c1-16-10-11-23-14-20(16)22(26)12-18-8-5-9-19(13-22)24(18)21(25)27-15-17-6-3-2-4-7-17/h2-4,6-7,10-11,14,18-19,26H,5,8-9,12-13,15H2,1H3. The van der Waals surface area contributed by atoms with Crippen LogP contribution in [0.5, 0.6) is 0 Å². The molecule has 1 amide bonds. The number of hydrogen-bond acceptors (Lipinski definition) is 4. The predicted octanol–water partition coefficient (Wildman–Crippen LogP) is 3.93. The fraction of sp³-hybridized carbons (Fsp3) is 0.455. The van der Waals surface area contributed by atoms with Crippen molar-refractivity contribution in [2.24, 2.45) is 0 Å². The number of carbonyl (C=O) groups excluding carboxylic acids is 1. The second-order valence-corrected chi connectivity index (χ2v) is 7.82. The molecule has 5 nitrogen and oxygen atoms in total. The number of nitrogens with zero attached hydrogens (tertiary/aromatic N) is 2. The summed E-state index contributed by atoms with van der Waals surface area (Å²) in [6.45, 7) is 2.28. The zero-order valence-corrected chi connectivity index (χ0v) is 15.7. The van der Waals surface area contributed by atoms with Crippen LogP contribution in [0, 0.1) is 6.92 Å². The van der Waals surface area contributed by atoms with E-state index in [1.54, 1.807) is 12.4 Å². The molecular formula is C22H26N2O3. The molecule has 2 aliphatic rings. The molecule has 2 aliphatic heterocycles. The summed E-state index contributed by atoms with van der Waals surface area (Å²) >= 11 is 0. The normalized spacial score (nSPS) is 27.3. The molecule has 2 bridgehead atoms. The van der Waals surface area contributed by atoms with Crippen LogP contribution in [-0.4, -0.2) is 33.2 Å². The molecule has 0 radical (unpaired) electrons. The fourth-order valence-corrected chi connectivity index (χ4v) is 4.69. The maximum atomic E-state index is 12.8. The first-order valence-corrected chi connectivity index (χ1v) is 9.69. The van der Waals surface area contributed by atoms with Crippen LogP contribution in [0.3, 0.4) is 0 Å². The molecule has 27 heavy (non-hydrogen) atoms. The van der Waals surface area contributed by atoms with Crippen LogP contribution in [0.25, 0.3) is 0 Å². The Hall–Kier alpha value is -2.40. The summed E-state index contributed by atoms with van der Waals surface area (Å²) in [5.41, 5.74) is 1.99. The van der Waals surface area contributed by atoms with Crippen LogP contribution < -0.4 is 0 Å². The SMILES string of the molecule is Cc1ccncc1C1(O)CC2CCCC(C1)N2C(=O)OCc1ccccc1. The van der Waals surface area contributed by atoms with Gasteiger partial charge < -0.3 is 14.7 Å². The summed E-state index contributed by atoms with van der Waals surface area (Å²) in [5, 5.41) is 11.4. The van der Waals surface area contributed by atoms with E-state index < -0.39 is 5.60 Å². The Labute approximate surface area is 160 Å². The molecule has 2 saturated heterocycles. The molecule has 0 spiro atoms. The second kappa shape index (κ2) is 7.31. The van der Waals surface area contributed by atoms with E-state index in [1.165, 1.54) is 0 Å². The number of carbonyl (C=O) groups is 1. The Kier molecular flexibility index (Phi) is 4.87. The number of ether oxygens (including phenoxy) is 1. The molecule has 1 aromatic carbocycles. The monoisotopic (exact) mass is 366 g/mol. The number of aliphatic hydroxyl groups is 1. The Balaban J connectivity index is 1.50. The summed E-state index contributed by atoms with van der Waals surface area (Å²) in [4.78, 5) is 18.9. The van der Waals surface area contributed by atoms with Gasteiger partial charge in [-0.1, -0.05) is 30.3 Å². The van der Waals surface area contributed by atoms with E-state index in [1.807, 2.05) is 48.2 Å². The largest absolute Gasteiger partial charge is 0.445 e. The van der Waals surface area contributed by atoms with Gasteiger partial charge in [0, 0.05) is 42.9 Å². The van der Waals surface area contributed by atoms with Gasteiger partial charge in [0.05, 0.1) is 5.60 Å². The van der Waals surface area contributed by atoms with Gasteiger partial charge >= 0.3 is 6.09 Å². The minimum Gasteiger partial charge on any atom is -0.445 e. The molecular weight excluding hydrogens is 340 g/mol. The maximum absolute atomic E-state index is 12.8. The summed E-state index contributed by atoms with van der Waals surface area (Å²) in [7, 11) is 0. The van der Waals surface area contributed by atoms with E-state index in [0.717, 1.165) is 36.0 Å². The van der Waals surface area contributed by atoms with E-state index in [0.29, 0.717) is 12.8 Å². The molecule has 2 unspecified atom stereocenters. The first-order chi connectivity index (χ1) is 13.1. The average molecular weight is 366 g/mol. The van der Waals surface area contributed by atoms with Crippen LogP contribution in [0.2, 0.25) is 0 Å². The van der Waals surface area contributed by atoms with E-state index in [2.05, 4.69) is 4.98 Å². The number of fused-ring (bicyclic) bond motifs is 2. The molecule has 1 aromatic heterocycles. The lowest BCUT2D eigenvalue weighted by molar-refractivity contribution is -0.0900. The van der Waals surface area contributed by atoms with Gasteiger partial charge in [0.1, 0.15) is 6.61 Å². The van der Waals surface area contributed by atoms with Crippen molar-refractivity contribution in [3.8, 4) is 0 Å². The van der Waals surface area contributed by atoms with Crippen molar-refractivity contribution in [1.29, 1.82) is 0 Å². The molecule has 5 heteroatoms. The Morgan fingerprint density at radius 1 is 1.22 bits per heavy atom. The van der Waals surface area contributed by atoms with Gasteiger partial charge in [-0.05, 0) is 43.4 Å². The Bertz CT molecular complexity index is 794. The molecule has 0 saturated carbocycles. The first kappa shape index (κ1) is 18.0. The van der Waals surface area contributed by atoms with Crippen LogP contribution in [0.15, 0.2) is 48.8 Å². The summed E-state index contributed by atoms with van der Waals surface area (Å²) in [6.07, 6.45) is 7.22. The molecule has 142 valence electrons. The van der Waals surface area contributed by atoms with Crippen molar-refractivity contribution in [3.05, 3.63) is 65.5 Å². The fourth-order valence-electron chi connectivity index (χ4n) is 4.69. The number of benzene rings is 1. The predicted molar refractivity (Wildman–Crippen MR) is 102 cm³/mol. The van der Waals surface area contributed by atoms with Gasteiger partial charge in [0.2, 0.25) is 0 Å². The van der Waals surface area contributed by atoms with Gasteiger partial charge in [-0.15, -0.1) is 0 Å². The number of aromatic nitrogens is 1. The molecule has 2 aromatic rings. The highest BCUT2D eigenvalue weighted by Gasteiger charge is 2.49. The quantitative estimate of drug-likeness (QED) is 0.894. The van der Waals surface area contributed by atoms with Gasteiger partial charge in [-0.25, -0.2) is 4.79 Å². The molecule has 4 rings (SSSR count). The van der Waals surface area contributed by atoms with Crippen molar-refractivity contribution >= 4 is 6.09 Å². The van der Waals surface area contributed by atoms with E-state index in [4.69, 9.17) is 4.74 Å². The lowest BCUT2D eigenvalue weighted by Crippen LogP contribution is -2.59. The van der Waals surface area contributed by atoms with Crippen molar-refractivity contribution in [2.75, 3.05) is 0 Å². The summed E-state index contributed by atoms with van der Waals surface area (Å²) in [6, 6.07) is 11.7. The average Bonchev–Trinajstić information content (AvgIpc) is 2.66. The highest BCUT2D eigenvalue weighted by Crippen LogP contribution is 2.45. The molecule has 2 atom stereocenters. The Morgan fingerprint density at radius 3 is 2.59 bits per heavy atom. The second-order valence-electron chi connectivity index (χ2n) is 7.82. The van der Waals surface area contributed by atoms with Crippen molar-refractivity contribution in [1.82, 2.24) is 9.88 Å². The Morgan fingerprint density at radius 2 is 1.93 bits per heavy atom. The number of hydrogen-bond donors (Lipinski definition) is 1. The third kappa shape index (κ3) is 3.56. The van der Waals surface area contributed by atoms with E-state index in [-0.39, 0.29) is 24.8 Å². The molecule has 1 N–H and O–H groups in total. The molecule has 3 heterocycles. The van der Waals surface area contributed by atoms with Crippen LogP contribution in [0.4, 0.5) is 4.79 Å². The third-order valence-corrected chi connectivity index (χ3v) is 5.96. The van der Waals surface area contributed by atoms with Crippen molar-refractivity contribution < 1.29 is 14.6 Å². The highest BCUT2D eigenvalue weighted by molar-refractivity contribution is 5.69. The minimum absolute atomic E-state index is 0.00498. The van der Waals surface area contributed by atoms with E-state index in [9.17, 15) is 9.90 Å². The van der Waals surface area contributed by atoms with Gasteiger partial charge in [-0.2, -0.15) is 0 Å². The maximum Gasteiger partial charge on any atom is 0.410 e. The lowest BCUT2D eigenvalue weighted by atomic mass is 9.72. The van der Waals surface area contributed by atoms with Gasteiger partial charge in [0.25, 0.3) is 0 Å². The summed E-state index contributed by atoms with van der Waals surface area (Å²) in [5.74, 6) is 0. The third-order valence-electron chi connectivity index (χ3n) is 5.96. The number of rotatable bonds is 3. The number of pyridine rings is 1. The van der Waals surface area contributed by atoms with Crippen LogP contribution in [0.1, 0.15) is 48.8 Å². The summed E-state index contributed by atoms with van der Waals surface area (Å²) < 4.78 is 5.59. The number of aryl methyl sites for hydroxylation is 1. The lowest BCUT2D eigenvalue weighted by Gasteiger charge is -2.51. The van der Waals surface area contributed by atoms with Gasteiger partial charge in [-0.3, -0.25) is 4.98 Å². The zero-order valence-electron chi connectivity index (χ0n) is 15.7. The highest BCUT2D eigenvalue weighted by atomic mass is 16.6. The molecule has 0 aliphatic carbocycles. The van der Waals surface area contributed by atoms with Crippen LogP contribution in [-0.2, 0) is 16.9 Å². The number of piperidine rings is 2. The zero-order chi connectivity index (χ0) is 18.9. The van der Waals surface area contributed by atoms with Crippen LogP contribution >= 0.6 is 0 Å². The van der Waals surface area contributed by atoms with E-state index >= 15 is 0 Å². The number of amides is 1. The van der Waals surface area contributed by atoms with Crippen molar-refractivity contribution in [3.63, 3.8) is 0 Å². The first-order valence-electron chi connectivity index (χ1n) is 9.69.